The van der Waals surface area contributed by atoms with Gasteiger partial charge in [0.15, 0.2) is 0 Å². The topological polar surface area (TPSA) is 51.0 Å². The van der Waals surface area contributed by atoms with Crippen molar-refractivity contribution in [1.82, 2.24) is 19.9 Å². The number of rotatable bonds is 2. The van der Waals surface area contributed by atoms with Crippen LogP contribution in [0.3, 0.4) is 0 Å². The molecule has 0 unspecified atom stereocenters. The highest BCUT2D eigenvalue weighted by Gasteiger charge is 2.24. The van der Waals surface area contributed by atoms with E-state index in [-0.39, 0.29) is 5.91 Å². The summed E-state index contributed by atoms with van der Waals surface area (Å²) < 4.78 is 1.90. The molecule has 3 rings (SSSR count). The largest absolute Gasteiger partial charge is 0.338 e. The number of nitrogens with zero attached hydrogens (tertiary/aromatic N) is 4. The molecule has 1 aliphatic heterocycles. The Kier molecular flexibility index (Phi) is 3.50. The van der Waals surface area contributed by atoms with Crippen LogP contribution in [0.2, 0.25) is 0 Å². The molecule has 1 aromatic carbocycles. The lowest BCUT2D eigenvalue weighted by Gasteiger charge is -2.32. The summed E-state index contributed by atoms with van der Waals surface area (Å²) in [4.78, 5) is 14.4. The summed E-state index contributed by atoms with van der Waals surface area (Å²) in [6, 6.07) is 8.14. The van der Waals surface area contributed by atoms with E-state index in [9.17, 15) is 4.79 Å². The van der Waals surface area contributed by atoms with Crippen molar-refractivity contribution in [1.29, 1.82) is 0 Å². The average Bonchev–Trinajstić information content (AvgIpc) is 3.01. The van der Waals surface area contributed by atoms with Crippen molar-refractivity contribution < 1.29 is 4.79 Å². The molecule has 1 amide bonds. The first kappa shape index (κ1) is 12.8. The van der Waals surface area contributed by atoms with Crippen LogP contribution in [0.25, 0.3) is 0 Å². The molecule has 5 nitrogen and oxygen atoms in total. The molecule has 0 aliphatic carbocycles. The second-order valence-electron chi connectivity index (χ2n) is 5.28. The molecular weight excluding hydrogens is 252 g/mol. The van der Waals surface area contributed by atoms with E-state index in [2.05, 4.69) is 10.3 Å². The third kappa shape index (κ3) is 2.57. The number of hydrogen-bond donors (Lipinski definition) is 0. The zero-order valence-corrected chi connectivity index (χ0v) is 11.6. The zero-order valence-electron chi connectivity index (χ0n) is 11.6. The lowest BCUT2D eigenvalue weighted by atomic mass is 10.0. The Morgan fingerprint density at radius 3 is 2.75 bits per heavy atom. The van der Waals surface area contributed by atoms with Gasteiger partial charge in [0.05, 0.1) is 12.2 Å². The van der Waals surface area contributed by atoms with Crippen molar-refractivity contribution in [3.63, 3.8) is 0 Å². The molecule has 0 spiro atoms. The molecule has 20 heavy (non-hydrogen) atoms. The Hall–Kier alpha value is -2.17. The minimum absolute atomic E-state index is 0.130. The van der Waals surface area contributed by atoms with Crippen LogP contribution >= 0.6 is 0 Å². The summed E-state index contributed by atoms with van der Waals surface area (Å²) in [6.07, 6.45) is 5.45. The smallest absolute Gasteiger partial charge is 0.253 e. The fourth-order valence-electron chi connectivity index (χ4n) is 2.71. The van der Waals surface area contributed by atoms with E-state index in [1.54, 1.807) is 6.20 Å². The summed E-state index contributed by atoms with van der Waals surface area (Å²) in [7, 11) is 0. The first-order chi connectivity index (χ1) is 9.74. The predicted octanol–water partition coefficient (Wildman–Crippen LogP) is 2.06. The molecule has 0 radical (unpaired) electrons. The normalized spacial score (nSPS) is 16.4. The number of benzene rings is 1. The Morgan fingerprint density at radius 2 is 2.10 bits per heavy atom. The summed E-state index contributed by atoms with van der Waals surface area (Å²) in [5.74, 6) is 0.130. The van der Waals surface area contributed by atoms with E-state index in [4.69, 9.17) is 0 Å². The van der Waals surface area contributed by atoms with Crippen LogP contribution in [0, 0.1) is 6.92 Å². The first-order valence-electron chi connectivity index (χ1n) is 6.96. The highest BCUT2D eigenvalue weighted by Crippen LogP contribution is 2.22. The number of amides is 1. The Balaban J connectivity index is 1.65. The fourth-order valence-corrected chi connectivity index (χ4v) is 2.71. The highest BCUT2D eigenvalue weighted by atomic mass is 16.2. The predicted molar refractivity (Wildman–Crippen MR) is 75.4 cm³/mol. The molecule has 1 saturated heterocycles. The molecule has 1 aliphatic rings. The van der Waals surface area contributed by atoms with Crippen molar-refractivity contribution in [2.24, 2.45) is 0 Å². The van der Waals surface area contributed by atoms with Gasteiger partial charge >= 0.3 is 0 Å². The molecular formula is C15H18N4O. The minimum atomic E-state index is 0.130. The lowest BCUT2D eigenvalue weighted by molar-refractivity contribution is 0.0689. The van der Waals surface area contributed by atoms with Gasteiger partial charge in [0.1, 0.15) is 0 Å². The number of aryl methyl sites for hydroxylation is 1. The number of carbonyl (C=O) groups excluding carboxylic acids is 1. The van der Waals surface area contributed by atoms with Gasteiger partial charge in [-0.2, -0.15) is 0 Å². The van der Waals surface area contributed by atoms with E-state index < -0.39 is 0 Å². The van der Waals surface area contributed by atoms with Gasteiger partial charge in [-0.3, -0.25) is 4.79 Å². The van der Waals surface area contributed by atoms with Crippen LogP contribution < -0.4 is 0 Å². The van der Waals surface area contributed by atoms with Crippen molar-refractivity contribution in [3.8, 4) is 0 Å². The molecule has 1 fully saturated rings. The Labute approximate surface area is 118 Å². The summed E-state index contributed by atoms with van der Waals surface area (Å²) >= 11 is 0. The summed E-state index contributed by atoms with van der Waals surface area (Å²) in [5.41, 5.74) is 1.90. The van der Waals surface area contributed by atoms with Gasteiger partial charge in [-0.05, 0) is 31.9 Å². The van der Waals surface area contributed by atoms with Crippen LogP contribution in [0.5, 0.6) is 0 Å². The third-order valence-electron chi connectivity index (χ3n) is 3.83. The standard InChI is InChI=1S/C15H18N4O/c1-12-3-2-4-13(11-12)15(20)18-8-5-14(6-9-18)19-10-7-16-17-19/h2-4,7,10-11,14H,5-6,8-9H2,1H3. The van der Waals surface area contributed by atoms with Crippen LogP contribution in [-0.2, 0) is 0 Å². The number of piperidine rings is 1. The van der Waals surface area contributed by atoms with Gasteiger partial charge < -0.3 is 4.90 Å². The summed E-state index contributed by atoms with van der Waals surface area (Å²) in [5, 5.41) is 7.88. The first-order valence-corrected chi connectivity index (χ1v) is 6.96. The molecule has 0 bridgehead atoms. The van der Waals surface area contributed by atoms with E-state index in [1.165, 1.54) is 0 Å². The quantitative estimate of drug-likeness (QED) is 0.839. The van der Waals surface area contributed by atoms with Gasteiger partial charge in [0.25, 0.3) is 5.91 Å². The Morgan fingerprint density at radius 1 is 1.30 bits per heavy atom. The average molecular weight is 270 g/mol. The van der Waals surface area contributed by atoms with Crippen LogP contribution in [0.4, 0.5) is 0 Å². The van der Waals surface area contributed by atoms with Crippen molar-refractivity contribution in [2.75, 3.05) is 13.1 Å². The second-order valence-corrected chi connectivity index (χ2v) is 5.28. The number of likely N-dealkylation sites (tertiary alicyclic amines) is 1. The van der Waals surface area contributed by atoms with Gasteiger partial charge in [-0.15, -0.1) is 5.10 Å². The van der Waals surface area contributed by atoms with Crippen LogP contribution in [-0.4, -0.2) is 38.9 Å². The van der Waals surface area contributed by atoms with Crippen molar-refractivity contribution >= 4 is 5.91 Å². The van der Waals surface area contributed by atoms with E-state index in [0.717, 1.165) is 37.1 Å². The molecule has 2 heterocycles. The van der Waals surface area contributed by atoms with Crippen molar-refractivity contribution in [3.05, 3.63) is 47.8 Å². The lowest BCUT2D eigenvalue weighted by Crippen LogP contribution is -2.39. The van der Waals surface area contributed by atoms with Gasteiger partial charge in [0.2, 0.25) is 0 Å². The van der Waals surface area contributed by atoms with Gasteiger partial charge in [0, 0.05) is 24.8 Å². The molecule has 2 aromatic rings. The zero-order chi connectivity index (χ0) is 13.9. The number of carbonyl (C=O) groups is 1. The molecule has 0 saturated carbocycles. The van der Waals surface area contributed by atoms with E-state index in [1.807, 2.05) is 47.0 Å². The molecule has 0 N–H and O–H groups in total. The summed E-state index contributed by atoms with van der Waals surface area (Å²) in [6.45, 7) is 3.56. The van der Waals surface area contributed by atoms with E-state index >= 15 is 0 Å². The highest BCUT2D eigenvalue weighted by molar-refractivity contribution is 5.94. The molecule has 5 heteroatoms. The molecule has 0 atom stereocenters. The van der Waals surface area contributed by atoms with Gasteiger partial charge in [-0.25, -0.2) is 4.68 Å². The number of hydrogen-bond acceptors (Lipinski definition) is 3. The monoisotopic (exact) mass is 270 g/mol. The van der Waals surface area contributed by atoms with Gasteiger partial charge in [-0.1, -0.05) is 22.9 Å². The fraction of sp³-hybridized carbons (Fsp3) is 0.400. The molecule has 104 valence electrons. The maximum absolute atomic E-state index is 12.4. The minimum Gasteiger partial charge on any atom is -0.338 e. The van der Waals surface area contributed by atoms with E-state index in [0.29, 0.717) is 6.04 Å². The molecule has 1 aromatic heterocycles. The Bertz CT molecular complexity index is 586. The maximum Gasteiger partial charge on any atom is 0.253 e. The van der Waals surface area contributed by atoms with Crippen molar-refractivity contribution in [2.45, 2.75) is 25.8 Å². The number of aromatic nitrogens is 3. The SMILES string of the molecule is Cc1cccc(C(=O)N2CCC(n3ccnn3)CC2)c1. The van der Waals surface area contributed by atoms with Crippen LogP contribution in [0.1, 0.15) is 34.8 Å². The maximum atomic E-state index is 12.4. The second kappa shape index (κ2) is 5.45. The third-order valence-corrected chi connectivity index (χ3v) is 3.83. The van der Waals surface area contributed by atoms with Crippen LogP contribution in [0.15, 0.2) is 36.7 Å².